The van der Waals surface area contributed by atoms with Crippen LogP contribution < -0.4 is 4.74 Å². The summed E-state index contributed by atoms with van der Waals surface area (Å²) in [6.07, 6.45) is 3.76. The molecule has 4 nitrogen and oxygen atoms in total. The standard InChI is InChI=1S/C14H19NO3/c1-15(12-4-3-5-12)9-11-8-10(14(16)17)6-7-13(11)18-2/h6-8,12H,3-5,9H2,1-2H3,(H,16,17). The lowest BCUT2D eigenvalue weighted by Crippen LogP contribution is -2.36. The van der Waals surface area contributed by atoms with Gasteiger partial charge in [-0.25, -0.2) is 4.79 Å². The molecule has 1 N–H and O–H groups in total. The Morgan fingerprint density at radius 1 is 1.50 bits per heavy atom. The summed E-state index contributed by atoms with van der Waals surface area (Å²) < 4.78 is 5.29. The molecule has 0 bridgehead atoms. The van der Waals surface area contributed by atoms with Crippen LogP contribution in [0.2, 0.25) is 0 Å². The molecule has 4 heteroatoms. The lowest BCUT2D eigenvalue weighted by atomic mass is 9.91. The van der Waals surface area contributed by atoms with E-state index in [4.69, 9.17) is 9.84 Å². The Labute approximate surface area is 107 Å². The molecule has 0 unspecified atom stereocenters. The summed E-state index contributed by atoms with van der Waals surface area (Å²) in [6.45, 7) is 0.731. The van der Waals surface area contributed by atoms with Gasteiger partial charge in [-0.1, -0.05) is 6.42 Å². The molecule has 0 atom stereocenters. The summed E-state index contributed by atoms with van der Waals surface area (Å²) in [4.78, 5) is 13.3. The van der Waals surface area contributed by atoms with Gasteiger partial charge in [0.25, 0.3) is 0 Å². The number of aromatic carboxylic acids is 1. The number of rotatable bonds is 5. The molecule has 1 fully saturated rings. The fourth-order valence-electron chi connectivity index (χ4n) is 2.26. The molecule has 18 heavy (non-hydrogen) atoms. The molecule has 1 aliphatic carbocycles. The number of carboxylic acid groups (broad SMARTS) is 1. The molecule has 1 aromatic carbocycles. The second-order valence-electron chi connectivity index (χ2n) is 4.83. The molecular weight excluding hydrogens is 230 g/mol. The molecule has 0 saturated heterocycles. The smallest absolute Gasteiger partial charge is 0.335 e. The summed E-state index contributed by atoms with van der Waals surface area (Å²) in [7, 11) is 3.69. The van der Waals surface area contributed by atoms with E-state index in [1.54, 1.807) is 25.3 Å². The van der Waals surface area contributed by atoms with E-state index in [1.165, 1.54) is 19.3 Å². The molecular formula is C14H19NO3. The van der Waals surface area contributed by atoms with Crippen molar-refractivity contribution in [3.8, 4) is 5.75 Å². The van der Waals surface area contributed by atoms with Crippen molar-refractivity contribution in [2.24, 2.45) is 0 Å². The zero-order valence-corrected chi connectivity index (χ0v) is 10.8. The van der Waals surface area contributed by atoms with Crippen LogP contribution in [0, 0.1) is 0 Å². The molecule has 0 aromatic heterocycles. The molecule has 0 amide bonds. The van der Waals surface area contributed by atoms with Crippen LogP contribution in [0.3, 0.4) is 0 Å². The molecule has 1 saturated carbocycles. The maximum atomic E-state index is 11.0. The van der Waals surface area contributed by atoms with Crippen LogP contribution in [0.5, 0.6) is 5.75 Å². The highest BCUT2D eigenvalue weighted by Gasteiger charge is 2.23. The number of hydrogen-bond acceptors (Lipinski definition) is 3. The third kappa shape index (κ3) is 2.64. The van der Waals surface area contributed by atoms with Crippen LogP contribution in [0.4, 0.5) is 0 Å². The highest BCUT2D eigenvalue weighted by Crippen LogP contribution is 2.27. The number of methoxy groups -OCH3 is 1. The van der Waals surface area contributed by atoms with E-state index in [2.05, 4.69) is 11.9 Å². The number of carbonyl (C=O) groups is 1. The summed E-state index contributed by atoms with van der Waals surface area (Å²) in [6, 6.07) is 5.64. The van der Waals surface area contributed by atoms with Gasteiger partial charge < -0.3 is 9.84 Å². The fourth-order valence-corrected chi connectivity index (χ4v) is 2.26. The van der Waals surface area contributed by atoms with Crippen LogP contribution in [-0.2, 0) is 6.54 Å². The minimum absolute atomic E-state index is 0.313. The van der Waals surface area contributed by atoms with Crippen molar-refractivity contribution < 1.29 is 14.6 Å². The zero-order valence-electron chi connectivity index (χ0n) is 10.8. The third-order valence-corrected chi connectivity index (χ3v) is 3.65. The number of hydrogen-bond donors (Lipinski definition) is 1. The normalized spacial score (nSPS) is 15.5. The van der Waals surface area contributed by atoms with Crippen molar-refractivity contribution in [3.05, 3.63) is 29.3 Å². The first-order valence-corrected chi connectivity index (χ1v) is 6.22. The van der Waals surface area contributed by atoms with Gasteiger partial charge in [-0.05, 0) is 38.1 Å². The summed E-state index contributed by atoms with van der Waals surface area (Å²) >= 11 is 0. The van der Waals surface area contributed by atoms with Crippen molar-refractivity contribution in [2.45, 2.75) is 31.8 Å². The largest absolute Gasteiger partial charge is 0.496 e. The molecule has 0 aliphatic heterocycles. The highest BCUT2D eigenvalue weighted by molar-refractivity contribution is 5.88. The van der Waals surface area contributed by atoms with Crippen LogP contribution in [0.1, 0.15) is 35.2 Å². The Balaban J connectivity index is 2.17. The van der Waals surface area contributed by atoms with Crippen LogP contribution in [-0.4, -0.2) is 36.2 Å². The number of benzene rings is 1. The topological polar surface area (TPSA) is 49.8 Å². The molecule has 1 aliphatic rings. The monoisotopic (exact) mass is 249 g/mol. The first-order valence-electron chi connectivity index (χ1n) is 6.22. The van der Waals surface area contributed by atoms with Gasteiger partial charge in [0, 0.05) is 18.2 Å². The van der Waals surface area contributed by atoms with Gasteiger partial charge in [0.15, 0.2) is 0 Å². The van der Waals surface area contributed by atoms with Crippen molar-refractivity contribution >= 4 is 5.97 Å². The van der Waals surface area contributed by atoms with E-state index in [-0.39, 0.29) is 0 Å². The maximum Gasteiger partial charge on any atom is 0.335 e. The van der Waals surface area contributed by atoms with Crippen LogP contribution in [0.25, 0.3) is 0 Å². The van der Waals surface area contributed by atoms with Gasteiger partial charge in [0.05, 0.1) is 12.7 Å². The number of carboxylic acids is 1. The Bertz CT molecular complexity index is 441. The van der Waals surface area contributed by atoms with Gasteiger partial charge in [-0.2, -0.15) is 0 Å². The fraction of sp³-hybridized carbons (Fsp3) is 0.500. The molecule has 0 radical (unpaired) electrons. The van der Waals surface area contributed by atoms with Crippen molar-refractivity contribution in [1.82, 2.24) is 4.90 Å². The Morgan fingerprint density at radius 2 is 2.22 bits per heavy atom. The van der Waals surface area contributed by atoms with E-state index in [1.807, 2.05) is 0 Å². The third-order valence-electron chi connectivity index (χ3n) is 3.65. The molecule has 98 valence electrons. The van der Waals surface area contributed by atoms with Crippen molar-refractivity contribution in [3.63, 3.8) is 0 Å². The van der Waals surface area contributed by atoms with Crippen LogP contribution >= 0.6 is 0 Å². The number of nitrogens with zero attached hydrogens (tertiary/aromatic N) is 1. The minimum Gasteiger partial charge on any atom is -0.496 e. The summed E-state index contributed by atoms with van der Waals surface area (Å²) in [5.74, 6) is -0.142. The SMILES string of the molecule is COc1ccc(C(=O)O)cc1CN(C)C1CCC1. The Hall–Kier alpha value is -1.55. The Morgan fingerprint density at radius 3 is 2.72 bits per heavy atom. The van der Waals surface area contributed by atoms with E-state index >= 15 is 0 Å². The molecule has 1 aromatic rings. The van der Waals surface area contributed by atoms with E-state index in [0.717, 1.165) is 17.9 Å². The Kier molecular flexibility index (Phi) is 3.87. The lowest BCUT2D eigenvalue weighted by Gasteiger charge is -2.35. The quantitative estimate of drug-likeness (QED) is 0.870. The van der Waals surface area contributed by atoms with E-state index in [9.17, 15) is 4.79 Å². The summed E-state index contributed by atoms with van der Waals surface area (Å²) in [5.41, 5.74) is 1.25. The van der Waals surface area contributed by atoms with Gasteiger partial charge in [-0.3, -0.25) is 4.90 Å². The maximum absolute atomic E-state index is 11.0. The number of ether oxygens (including phenoxy) is 1. The zero-order chi connectivity index (χ0) is 13.1. The predicted molar refractivity (Wildman–Crippen MR) is 69.1 cm³/mol. The average Bonchev–Trinajstić information content (AvgIpc) is 2.26. The molecule has 0 heterocycles. The van der Waals surface area contributed by atoms with Gasteiger partial charge >= 0.3 is 5.97 Å². The van der Waals surface area contributed by atoms with Gasteiger partial charge in [-0.15, -0.1) is 0 Å². The van der Waals surface area contributed by atoms with E-state index < -0.39 is 5.97 Å². The molecule has 0 spiro atoms. The van der Waals surface area contributed by atoms with Crippen molar-refractivity contribution in [1.29, 1.82) is 0 Å². The second kappa shape index (κ2) is 5.40. The van der Waals surface area contributed by atoms with Crippen molar-refractivity contribution in [2.75, 3.05) is 14.2 Å². The highest BCUT2D eigenvalue weighted by atomic mass is 16.5. The first kappa shape index (κ1) is 12.9. The summed E-state index contributed by atoms with van der Waals surface area (Å²) in [5, 5.41) is 9.02. The average molecular weight is 249 g/mol. The second-order valence-corrected chi connectivity index (χ2v) is 4.83. The van der Waals surface area contributed by atoms with Gasteiger partial charge in [0.1, 0.15) is 5.75 Å². The lowest BCUT2D eigenvalue weighted by molar-refractivity contribution is 0.0696. The first-order chi connectivity index (χ1) is 8.61. The molecule has 2 rings (SSSR count). The van der Waals surface area contributed by atoms with E-state index in [0.29, 0.717) is 11.6 Å². The van der Waals surface area contributed by atoms with Gasteiger partial charge in [0.2, 0.25) is 0 Å². The predicted octanol–water partition coefficient (Wildman–Crippen LogP) is 2.38. The van der Waals surface area contributed by atoms with Crippen LogP contribution in [0.15, 0.2) is 18.2 Å². The minimum atomic E-state index is -0.898.